The molecule has 0 saturated heterocycles. The minimum atomic E-state index is -3.52. The fourth-order valence-corrected chi connectivity index (χ4v) is 2.66. The van der Waals surface area contributed by atoms with Crippen molar-refractivity contribution in [2.45, 2.75) is 13.3 Å². The van der Waals surface area contributed by atoms with Crippen molar-refractivity contribution in [3.05, 3.63) is 24.3 Å². The lowest BCUT2D eigenvalue weighted by Crippen LogP contribution is -2.34. The van der Waals surface area contributed by atoms with Crippen LogP contribution in [-0.4, -0.2) is 38.9 Å². The molecule has 19 heavy (non-hydrogen) atoms. The number of anilines is 1. The van der Waals surface area contributed by atoms with E-state index in [-0.39, 0.29) is 18.7 Å². The van der Waals surface area contributed by atoms with E-state index < -0.39 is 16.0 Å². The highest BCUT2D eigenvalue weighted by Crippen LogP contribution is 2.23. The number of aliphatic carboxylic acids is 1. The first-order valence-electron chi connectivity index (χ1n) is 5.77. The predicted molar refractivity (Wildman–Crippen MR) is 72.1 cm³/mol. The molecule has 1 aromatic rings. The normalized spacial score (nSPS) is 11.1. The Kier molecular flexibility index (Phi) is 5.17. The number of carboxylic acid groups (broad SMARTS) is 1. The zero-order chi connectivity index (χ0) is 14.5. The minimum Gasteiger partial charge on any atom is -0.497 e. The first-order valence-corrected chi connectivity index (χ1v) is 7.38. The van der Waals surface area contributed by atoms with Gasteiger partial charge in [-0.3, -0.25) is 9.10 Å². The van der Waals surface area contributed by atoms with Crippen LogP contribution in [0.25, 0.3) is 0 Å². The molecule has 0 heterocycles. The van der Waals surface area contributed by atoms with Crippen LogP contribution in [0.3, 0.4) is 0 Å². The van der Waals surface area contributed by atoms with Gasteiger partial charge in [-0.15, -0.1) is 0 Å². The zero-order valence-corrected chi connectivity index (χ0v) is 11.7. The fraction of sp³-hybridized carbons (Fsp3) is 0.417. The summed E-state index contributed by atoms with van der Waals surface area (Å²) in [5.41, 5.74) is 0.405. The van der Waals surface area contributed by atoms with E-state index in [0.717, 1.165) is 4.31 Å². The van der Waals surface area contributed by atoms with E-state index in [1.165, 1.54) is 14.0 Å². The van der Waals surface area contributed by atoms with Crippen molar-refractivity contribution < 1.29 is 23.1 Å². The molecule has 0 spiro atoms. The van der Waals surface area contributed by atoms with Gasteiger partial charge in [0.05, 0.1) is 25.0 Å². The summed E-state index contributed by atoms with van der Waals surface area (Å²) in [6.07, 6.45) is -0.254. The monoisotopic (exact) mass is 287 g/mol. The molecule has 0 aliphatic rings. The summed E-state index contributed by atoms with van der Waals surface area (Å²) in [6.45, 7) is 1.42. The molecular formula is C12H17NO5S. The second-order valence-electron chi connectivity index (χ2n) is 3.82. The van der Waals surface area contributed by atoms with E-state index in [1.807, 2.05) is 0 Å². The van der Waals surface area contributed by atoms with Gasteiger partial charge in [-0.05, 0) is 19.1 Å². The summed E-state index contributed by atoms with van der Waals surface area (Å²) >= 11 is 0. The van der Waals surface area contributed by atoms with Gasteiger partial charge in [0.2, 0.25) is 10.0 Å². The van der Waals surface area contributed by atoms with Crippen molar-refractivity contribution in [2.24, 2.45) is 0 Å². The van der Waals surface area contributed by atoms with Gasteiger partial charge in [0.15, 0.2) is 0 Å². The molecule has 7 heteroatoms. The van der Waals surface area contributed by atoms with Gasteiger partial charge < -0.3 is 9.84 Å². The van der Waals surface area contributed by atoms with Crippen LogP contribution in [-0.2, 0) is 14.8 Å². The second kappa shape index (κ2) is 6.42. The molecule has 0 amide bonds. The molecule has 0 bridgehead atoms. The Labute approximate surface area is 112 Å². The van der Waals surface area contributed by atoms with E-state index in [9.17, 15) is 13.2 Å². The fourth-order valence-electron chi connectivity index (χ4n) is 1.55. The number of carboxylic acids is 1. The molecule has 0 saturated carbocycles. The highest BCUT2D eigenvalue weighted by atomic mass is 32.2. The van der Waals surface area contributed by atoms with Crippen molar-refractivity contribution in [2.75, 3.05) is 23.7 Å². The third-order valence-corrected chi connectivity index (χ3v) is 4.37. The molecule has 0 aliphatic heterocycles. The van der Waals surface area contributed by atoms with Gasteiger partial charge in [-0.1, -0.05) is 6.07 Å². The molecule has 0 radical (unpaired) electrons. The van der Waals surface area contributed by atoms with Crippen LogP contribution in [0.2, 0.25) is 0 Å². The van der Waals surface area contributed by atoms with Crippen LogP contribution in [0.15, 0.2) is 24.3 Å². The van der Waals surface area contributed by atoms with Crippen molar-refractivity contribution in [1.82, 2.24) is 0 Å². The highest BCUT2D eigenvalue weighted by Gasteiger charge is 2.21. The molecule has 1 aromatic carbocycles. The maximum absolute atomic E-state index is 12.0. The highest BCUT2D eigenvalue weighted by molar-refractivity contribution is 7.92. The summed E-state index contributed by atoms with van der Waals surface area (Å²) in [5.74, 6) is -0.618. The van der Waals surface area contributed by atoms with Crippen LogP contribution in [0.4, 0.5) is 5.69 Å². The number of ether oxygens (including phenoxy) is 1. The van der Waals surface area contributed by atoms with Crippen LogP contribution in [0.5, 0.6) is 5.75 Å². The number of sulfonamides is 1. The molecule has 6 nitrogen and oxygen atoms in total. The molecule has 1 rings (SSSR count). The number of rotatable bonds is 7. The van der Waals surface area contributed by atoms with Crippen molar-refractivity contribution in [3.63, 3.8) is 0 Å². The minimum absolute atomic E-state index is 0.0934. The Morgan fingerprint density at radius 2 is 2.11 bits per heavy atom. The average Bonchev–Trinajstić information content (AvgIpc) is 2.38. The second-order valence-corrected chi connectivity index (χ2v) is 6.00. The summed E-state index contributed by atoms with van der Waals surface area (Å²) < 4.78 is 30.1. The Morgan fingerprint density at radius 3 is 2.63 bits per heavy atom. The molecular weight excluding hydrogens is 270 g/mol. The van der Waals surface area contributed by atoms with Crippen LogP contribution in [0.1, 0.15) is 13.3 Å². The maximum atomic E-state index is 12.0. The molecule has 0 unspecified atom stereocenters. The third kappa shape index (κ3) is 4.13. The summed E-state index contributed by atoms with van der Waals surface area (Å²) in [6, 6.07) is 6.52. The molecule has 0 aliphatic carbocycles. The number of benzene rings is 1. The molecule has 106 valence electrons. The number of carbonyl (C=O) groups is 1. The SMILES string of the molecule is CCS(=O)(=O)N(CCC(=O)O)c1cccc(OC)c1. The summed E-state index contributed by atoms with van der Waals surface area (Å²) in [5, 5.41) is 8.70. The average molecular weight is 287 g/mol. The van der Waals surface area contributed by atoms with E-state index in [4.69, 9.17) is 9.84 Å². The Hall–Kier alpha value is -1.76. The maximum Gasteiger partial charge on any atom is 0.305 e. The van der Waals surface area contributed by atoms with Crippen LogP contribution >= 0.6 is 0 Å². The summed E-state index contributed by atoms with van der Waals surface area (Å²) in [7, 11) is -2.04. The first-order chi connectivity index (χ1) is 8.90. The molecule has 1 N–H and O–H groups in total. The van der Waals surface area contributed by atoms with Gasteiger partial charge in [0.25, 0.3) is 0 Å². The summed E-state index contributed by atoms with van der Waals surface area (Å²) in [4.78, 5) is 10.6. The van der Waals surface area contributed by atoms with E-state index in [1.54, 1.807) is 24.3 Å². The third-order valence-electron chi connectivity index (χ3n) is 2.57. The lowest BCUT2D eigenvalue weighted by atomic mass is 10.3. The Morgan fingerprint density at radius 1 is 1.42 bits per heavy atom. The quantitative estimate of drug-likeness (QED) is 0.817. The predicted octanol–water partition coefficient (Wildman–Crippen LogP) is 1.33. The Balaban J connectivity index is 3.11. The molecule has 0 fully saturated rings. The molecule has 0 aromatic heterocycles. The van der Waals surface area contributed by atoms with Gasteiger partial charge in [0.1, 0.15) is 5.75 Å². The van der Waals surface area contributed by atoms with E-state index >= 15 is 0 Å². The van der Waals surface area contributed by atoms with Crippen LogP contribution < -0.4 is 9.04 Å². The lowest BCUT2D eigenvalue weighted by molar-refractivity contribution is -0.136. The van der Waals surface area contributed by atoms with E-state index in [0.29, 0.717) is 11.4 Å². The largest absolute Gasteiger partial charge is 0.497 e. The van der Waals surface area contributed by atoms with Crippen LogP contribution in [0, 0.1) is 0 Å². The van der Waals surface area contributed by atoms with Crippen molar-refractivity contribution in [3.8, 4) is 5.75 Å². The van der Waals surface area contributed by atoms with E-state index in [2.05, 4.69) is 0 Å². The first kappa shape index (κ1) is 15.3. The number of hydrogen-bond acceptors (Lipinski definition) is 4. The van der Waals surface area contributed by atoms with Crippen molar-refractivity contribution >= 4 is 21.7 Å². The Bertz CT molecular complexity index is 541. The number of hydrogen-bond donors (Lipinski definition) is 1. The van der Waals surface area contributed by atoms with Gasteiger partial charge in [0, 0.05) is 12.6 Å². The smallest absolute Gasteiger partial charge is 0.305 e. The topological polar surface area (TPSA) is 83.9 Å². The van der Waals surface area contributed by atoms with Gasteiger partial charge >= 0.3 is 5.97 Å². The van der Waals surface area contributed by atoms with Crippen molar-refractivity contribution in [1.29, 1.82) is 0 Å². The number of methoxy groups -OCH3 is 1. The number of nitrogens with zero attached hydrogens (tertiary/aromatic N) is 1. The zero-order valence-electron chi connectivity index (χ0n) is 10.9. The molecule has 0 atom stereocenters. The van der Waals surface area contributed by atoms with Gasteiger partial charge in [-0.2, -0.15) is 0 Å². The standard InChI is InChI=1S/C12H17NO5S/c1-3-19(16,17)13(8-7-12(14)15)10-5-4-6-11(9-10)18-2/h4-6,9H,3,7-8H2,1-2H3,(H,14,15). The lowest BCUT2D eigenvalue weighted by Gasteiger charge is -2.23. The van der Waals surface area contributed by atoms with Gasteiger partial charge in [-0.25, -0.2) is 8.42 Å².